The zero-order valence-electron chi connectivity index (χ0n) is 6.65. The summed E-state index contributed by atoms with van der Waals surface area (Å²) < 4.78 is 0. The van der Waals surface area contributed by atoms with E-state index in [1.807, 2.05) is 6.07 Å². The van der Waals surface area contributed by atoms with Crippen molar-refractivity contribution in [1.82, 2.24) is 4.90 Å². The van der Waals surface area contributed by atoms with Gasteiger partial charge in [0.15, 0.2) is 0 Å². The van der Waals surface area contributed by atoms with Gasteiger partial charge in [0.25, 0.3) is 0 Å². The molecule has 1 heterocycles. The van der Waals surface area contributed by atoms with E-state index < -0.39 is 6.04 Å². The van der Waals surface area contributed by atoms with Crippen molar-refractivity contribution < 1.29 is 9.59 Å². The molecule has 4 heteroatoms. The fourth-order valence-corrected chi connectivity index (χ4v) is 1.65. The fraction of sp³-hybridized carbons (Fsp3) is 0.625. The molecule has 1 saturated heterocycles. The molecular weight excluding hydrogens is 156 g/mol. The molecule has 0 aromatic heterocycles. The summed E-state index contributed by atoms with van der Waals surface area (Å²) in [5.41, 5.74) is 0. The lowest BCUT2D eigenvalue weighted by Gasteiger charge is -2.17. The van der Waals surface area contributed by atoms with Crippen LogP contribution in [-0.2, 0) is 9.59 Å². The van der Waals surface area contributed by atoms with Gasteiger partial charge in [0.1, 0.15) is 6.04 Å². The maximum atomic E-state index is 11.3. The predicted molar refractivity (Wildman–Crippen MR) is 38.5 cm³/mol. The van der Waals surface area contributed by atoms with Crippen molar-refractivity contribution in [3.8, 4) is 6.07 Å². The Labute approximate surface area is 69.8 Å². The molecule has 4 nitrogen and oxygen atoms in total. The highest BCUT2D eigenvalue weighted by Crippen LogP contribution is 2.47. The Bertz CT molecular complexity index is 285. The minimum absolute atomic E-state index is 0.0895. The summed E-state index contributed by atoms with van der Waals surface area (Å²) in [6.45, 7) is 1.57. The Morgan fingerprint density at radius 3 is 2.42 bits per heavy atom. The molecule has 1 saturated carbocycles. The molecule has 1 aliphatic heterocycles. The second-order valence-corrected chi connectivity index (χ2v) is 3.30. The summed E-state index contributed by atoms with van der Waals surface area (Å²) in [6.07, 6.45) is 0.701. The molecule has 0 bridgehead atoms. The Hall–Kier alpha value is -1.37. The molecule has 0 aromatic carbocycles. The molecule has 12 heavy (non-hydrogen) atoms. The number of imide groups is 1. The van der Waals surface area contributed by atoms with Crippen LogP contribution in [0.5, 0.6) is 0 Å². The van der Waals surface area contributed by atoms with Crippen molar-refractivity contribution in [3.63, 3.8) is 0 Å². The van der Waals surface area contributed by atoms with Gasteiger partial charge in [-0.1, -0.05) is 0 Å². The SMILES string of the molecule is CC(C#N)N1C(=O)C2CC2C1=O. The minimum Gasteiger partial charge on any atom is -0.274 e. The molecule has 2 aliphatic rings. The van der Waals surface area contributed by atoms with E-state index in [0.29, 0.717) is 6.42 Å². The first-order valence-electron chi connectivity index (χ1n) is 3.93. The molecule has 0 aromatic rings. The standard InChI is InChI=1S/C8H8N2O2/c1-4(3-9)10-7(11)5-2-6(5)8(10)12/h4-6H,2H2,1H3. The molecule has 3 atom stereocenters. The van der Waals surface area contributed by atoms with Crippen molar-refractivity contribution in [2.75, 3.05) is 0 Å². The highest BCUT2D eigenvalue weighted by atomic mass is 16.2. The first-order valence-corrected chi connectivity index (χ1v) is 3.93. The monoisotopic (exact) mass is 164 g/mol. The number of carbonyl (C=O) groups is 2. The lowest BCUT2D eigenvalue weighted by atomic mass is 10.3. The first-order chi connectivity index (χ1) is 5.66. The summed E-state index contributed by atoms with van der Waals surface area (Å²) >= 11 is 0. The maximum absolute atomic E-state index is 11.3. The zero-order chi connectivity index (χ0) is 8.88. The quantitative estimate of drug-likeness (QED) is 0.508. The van der Waals surface area contributed by atoms with E-state index in [9.17, 15) is 9.59 Å². The summed E-state index contributed by atoms with van der Waals surface area (Å²) in [5.74, 6) is -0.486. The topological polar surface area (TPSA) is 61.2 Å². The lowest BCUT2D eigenvalue weighted by molar-refractivity contribution is -0.142. The number of hydrogen-bond acceptors (Lipinski definition) is 3. The number of rotatable bonds is 1. The van der Waals surface area contributed by atoms with Crippen LogP contribution in [0.2, 0.25) is 0 Å². The van der Waals surface area contributed by atoms with Gasteiger partial charge in [-0.15, -0.1) is 0 Å². The van der Waals surface area contributed by atoms with Crippen molar-refractivity contribution >= 4 is 11.8 Å². The summed E-state index contributed by atoms with van der Waals surface area (Å²) in [6, 6.07) is 1.29. The normalized spacial score (nSPS) is 34.5. The van der Waals surface area contributed by atoms with Crippen LogP contribution in [0.15, 0.2) is 0 Å². The highest BCUT2D eigenvalue weighted by molar-refractivity contribution is 6.09. The summed E-state index contributed by atoms with van der Waals surface area (Å²) in [5, 5.41) is 8.54. The van der Waals surface area contributed by atoms with E-state index >= 15 is 0 Å². The molecule has 0 spiro atoms. The van der Waals surface area contributed by atoms with Crippen LogP contribution in [0, 0.1) is 23.2 Å². The third kappa shape index (κ3) is 0.708. The number of nitrogens with zero attached hydrogens (tertiary/aromatic N) is 2. The van der Waals surface area contributed by atoms with Gasteiger partial charge in [0.05, 0.1) is 17.9 Å². The van der Waals surface area contributed by atoms with Crippen LogP contribution >= 0.6 is 0 Å². The van der Waals surface area contributed by atoms with Crippen molar-refractivity contribution in [2.45, 2.75) is 19.4 Å². The van der Waals surface area contributed by atoms with Crippen LogP contribution < -0.4 is 0 Å². The molecule has 62 valence electrons. The highest BCUT2D eigenvalue weighted by Gasteiger charge is 2.59. The molecule has 0 N–H and O–H groups in total. The third-order valence-corrected chi connectivity index (χ3v) is 2.47. The van der Waals surface area contributed by atoms with Gasteiger partial charge >= 0.3 is 0 Å². The predicted octanol–water partition coefficient (Wildman–Crippen LogP) is -0.0966. The largest absolute Gasteiger partial charge is 0.274 e. The number of amides is 2. The number of nitriles is 1. The van der Waals surface area contributed by atoms with Gasteiger partial charge in [0, 0.05) is 0 Å². The first kappa shape index (κ1) is 7.29. The summed E-state index contributed by atoms with van der Waals surface area (Å²) in [4.78, 5) is 23.7. The van der Waals surface area contributed by atoms with Crippen molar-refractivity contribution in [3.05, 3.63) is 0 Å². The number of likely N-dealkylation sites (tertiary alicyclic amines) is 1. The van der Waals surface area contributed by atoms with E-state index in [1.165, 1.54) is 0 Å². The van der Waals surface area contributed by atoms with Crippen LogP contribution in [0.1, 0.15) is 13.3 Å². The molecular formula is C8H8N2O2. The lowest BCUT2D eigenvalue weighted by Crippen LogP contribution is -2.39. The number of carbonyl (C=O) groups excluding carboxylic acids is 2. The van der Waals surface area contributed by atoms with Crippen LogP contribution in [-0.4, -0.2) is 22.8 Å². The van der Waals surface area contributed by atoms with Gasteiger partial charge in [-0.3, -0.25) is 14.5 Å². The Balaban J connectivity index is 2.23. The smallest absolute Gasteiger partial charge is 0.234 e. The Kier molecular flexibility index (Phi) is 1.26. The van der Waals surface area contributed by atoms with E-state index in [0.717, 1.165) is 4.90 Å². The van der Waals surface area contributed by atoms with Gasteiger partial charge in [0.2, 0.25) is 11.8 Å². The average molecular weight is 164 g/mol. The number of piperidine rings is 1. The number of hydrogen-bond donors (Lipinski definition) is 0. The maximum Gasteiger partial charge on any atom is 0.234 e. The van der Waals surface area contributed by atoms with Crippen LogP contribution in [0.25, 0.3) is 0 Å². The minimum atomic E-state index is -0.599. The van der Waals surface area contributed by atoms with Gasteiger partial charge in [-0.25, -0.2) is 0 Å². The van der Waals surface area contributed by atoms with E-state index in [2.05, 4.69) is 0 Å². The average Bonchev–Trinajstić information content (AvgIpc) is 2.78. The van der Waals surface area contributed by atoms with E-state index in [1.54, 1.807) is 6.92 Å². The Morgan fingerprint density at radius 2 is 2.00 bits per heavy atom. The van der Waals surface area contributed by atoms with Gasteiger partial charge in [-0.05, 0) is 13.3 Å². The molecule has 2 amide bonds. The van der Waals surface area contributed by atoms with Crippen molar-refractivity contribution in [1.29, 1.82) is 5.26 Å². The van der Waals surface area contributed by atoms with Crippen LogP contribution in [0.4, 0.5) is 0 Å². The molecule has 2 rings (SSSR count). The van der Waals surface area contributed by atoms with E-state index in [-0.39, 0.29) is 23.7 Å². The van der Waals surface area contributed by atoms with Crippen molar-refractivity contribution in [2.24, 2.45) is 11.8 Å². The molecule has 1 aliphatic carbocycles. The molecule has 0 radical (unpaired) electrons. The fourth-order valence-electron chi connectivity index (χ4n) is 1.65. The van der Waals surface area contributed by atoms with Gasteiger partial charge in [-0.2, -0.15) is 5.26 Å². The van der Waals surface area contributed by atoms with E-state index in [4.69, 9.17) is 5.26 Å². The summed E-state index contributed by atoms with van der Waals surface area (Å²) in [7, 11) is 0. The molecule has 3 unspecified atom stereocenters. The second-order valence-electron chi connectivity index (χ2n) is 3.30. The Morgan fingerprint density at radius 1 is 1.50 bits per heavy atom. The number of fused-ring (bicyclic) bond motifs is 1. The third-order valence-electron chi connectivity index (χ3n) is 2.47. The zero-order valence-corrected chi connectivity index (χ0v) is 6.65. The van der Waals surface area contributed by atoms with Gasteiger partial charge < -0.3 is 0 Å². The second kappa shape index (κ2) is 2.07. The molecule has 2 fully saturated rings. The van der Waals surface area contributed by atoms with Crippen LogP contribution in [0.3, 0.4) is 0 Å².